The maximum atomic E-state index is 13.2. The second-order valence-corrected chi connectivity index (χ2v) is 6.59. The van der Waals surface area contributed by atoms with E-state index in [1.807, 2.05) is 18.2 Å². The fourth-order valence-electron chi connectivity index (χ4n) is 3.24. The highest BCUT2D eigenvalue weighted by molar-refractivity contribution is 5.59. The van der Waals surface area contributed by atoms with E-state index in [0.29, 0.717) is 53.5 Å². The van der Waals surface area contributed by atoms with Crippen LogP contribution in [0.2, 0.25) is 0 Å². The molecule has 0 spiro atoms. The Balaban J connectivity index is 1.47. The molecule has 4 aromatic rings. The molecular weight excluding hydrogens is 383 g/mol. The smallest absolute Gasteiger partial charge is 0.168 e. The zero-order chi connectivity index (χ0) is 21.1. The first kappa shape index (κ1) is 19.0. The van der Waals surface area contributed by atoms with Gasteiger partial charge in [-0.2, -0.15) is 15.6 Å². The van der Waals surface area contributed by atoms with Crippen molar-refractivity contribution in [3.05, 3.63) is 71.4 Å². The highest BCUT2D eigenvalue weighted by atomic mass is 19.1. The van der Waals surface area contributed by atoms with Crippen LogP contribution in [-0.4, -0.2) is 25.7 Å². The summed E-state index contributed by atoms with van der Waals surface area (Å²) in [6, 6.07) is 15.5. The molecule has 0 amide bonds. The van der Waals surface area contributed by atoms with E-state index in [1.165, 1.54) is 16.8 Å². The second kappa shape index (κ2) is 7.94. The number of hydrogen-bond donors (Lipinski definition) is 2. The van der Waals surface area contributed by atoms with Crippen LogP contribution in [0.5, 0.6) is 0 Å². The summed E-state index contributed by atoms with van der Waals surface area (Å²) < 4.78 is 16.3. The molecular formula is C21H17FN8. The van der Waals surface area contributed by atoms with Crippen molar-refractivity contribution < 1.29 is 4.39 Å². The molecule has 0 fully saturated rings. The molecule has 0 saturated carbocycles. The molecule has 148 valence electrons. The number of nitriles is 2. The summed E-state index contributed by atoms with van der Waals surface area (Å²) in [5.74, 6) is 0.375. The molecule has 3 aromatic heterocycles. The molecule has 3 N–H and O–H groups in total. The van der Waals surface area contributed by atoms with Crippen LogP contribution in [0, 0.1) is 28.5 Å². The Kier molecular flexibility index (Phi) is 5.02. The molecule has 4 rings (SSSR count). The number of halogens is 1. The van der Waals surface area contributed by atoms with Gasteiger partial charge in [0, 0.05) is 12.7 Å². The minimum absolute atomic E-state index is 0.221. The Hall–Kier alpha value is -4.37. The highest BCUT2D eigenvalue weighted by Crippen LogP contribution is 2.22. The summed E-state index contributed by atoms with van der Waals surface area (Å²) in [5.41, 5.74) is 8.67. The van der Waals surface area contributed by atoms with Gasteiger partial charge in [-0.3, -0.25) is 4.40 Å². The predicted octanol–water partition coefficient (Wildman–Crippen LogP) is 3.03. The third-order valence-corrected chi connectivity index (χ3v) is 4.70. The predicted molar refractivity (Wildman–Crippen MR) is 109 cm³/mol. The van der Waals surface area contributed by atoms with Gasteiger partial charge >= 0.3 is 0 Å². The summed E-state index contributed by atoms with van der Waals surface area (Å²) in [6.07, 6.45) is 2.94. The van der Waals surface area contributed by atoms with Gasteiger partial charge in [-0.15, -0.1) is 0 Å². The van der Waals surface area contributed by atoms with E-state index in [9.17, 15) is 14.9 Å². The Labute approximate surface area is 171 Å². The lowest BCUT2D eigenvalue weighted by Crippen LogP contribution is -2.06. The topological polar surface area (TPSA) is 121 Å². The number of nitrogens with two attached hydrogens (primary N) is 1. The molecule has 0 radical (unpaired) electrons. The van der Waals surface area contributed by atoms with Gasteiger partial charge in [0.15, 0.2) is 11.5 Å². The number of rotatable bonds is 6. The minimum atomic E-state index is -0.361. The Morgan fingerprint density at radius 2 is 1.90 bits per heavy atom. The number of nitrogens with zero attached hydrogens (tertiary/aromatic N) is 6. The average Bonchev–Trinajstić information content (AvgIpc) is 3.28. The fourth-order valence-corrected chi connectivity index (χ4v) is 3.24. The Morgan fingerprint density at radius 1 is 1.10 bits per heavy atom. The maximum absolute atomic E-state index is 13.2. The van der Waals surface area contributed by atoms with Gasteiger partial charge in [0.2, 0.25) is 0 Å². The number of imidazole rings is 1. The number of aryl methyl sites for hydroxylation is 1. The average molecular weight is 400 g/mol. The number of pyridine rings is 1. The summed E-state index contributed by atoms with van der Waals surface area (Å²) in [7, 11) is 0. The van der Waals surface area contributed by atoms with E-state index < -0.39 is 0 Å². The minimum Gasteiger partial charge on any atom is -0.382 e. The van der Waals surface area contributed by atoms with Crippen molar-refractivity contribution in [1.82, 2.24) is 19.2 Å². The number of fused-ring (bicyclic) bond motifs is 1. The SMILES string of the molecule is N#Cc1c(CCCNc2nc3ccccn3c2C#N)nn(-c2ccc(F)cc2)c1N. The van der Waals surface area contributed by atoms with Crippen LogP contribution < -0.4 is 11.1 Å². The lowest BCUT2D eigenvalue weighted by Gasteiger charge is -2.03. The van der Waals surface area contributed by atoms with Crippen molar-refractivity contribution in [2.45, 2.75) is 12.8 Å². The van der Waals surface area contributed by atoms with Crippen molar-refractivity contribution in [3.63, 3.8) is 0 Å². The van der Waals surface area contributed by atoms with Crippen molar-refractivity contribution in [2.75, 3.05) is 17.6 Å². The second-order valence-electron chi connectivity index (χ2n) is 6.59. The number of nitrogen functional groups attached to an aromatic ring is 1. The molecule has 0 saturated heterocycles. The lowest BCUT2D eigenvalue weighted by atomic mass is 10.1. The van der Waals surface area contributed by atoms with Crippen LogP contribution in [0.3, 0.4) is 0 Å². The maximum Gasteiger partial charge on any atom is 0.168 e. The van der Waals surface area contributed by atoms with Gasteiger partial charge in [0.25, 0.3) is 0 Å². The monoisotopic (exact) mass is 400 g/mol. The number of anilines is 2. The van der Waals surface area contributed by atoms with Crippen molar-refractivity contribution in [3.8, 4) is 17.8 Å². The van der Waals surface area contributed by atoms with Crippen LogP contribution in [0.25, 0.3) is 11.3 Å². The van der Waals surface area contributed by atoms with E-state index >= 15 is 0 Å². The first-order valence-electron chi connectivity index (χ1n) is 9.27. The molecule has 0 atom stereocenters. The number of benzene rings is 1. The van der Waals surface area contributed by atoms with Gasteiger partial charge in [0.05, 0.1) is 11.4 Å². The van der Waals surface area contributed by atoms with E-state index in [2.05, 4.69) is 27.5 Å². The summed E-state index contributed by atoms with van der Waals surface area (Å²) in [4.78, 5) is 4.43. The first-order valence-corrected chi connectivity index (χ1v) is 9.27. The van der Waals surface area contributed by atoms with Gasteiger partial charge in [-0.25, -0.2) is 14.1 Å². The van der Waals surface area contributed by atoms with E-state index in [1.54, 1.807) is 22.7 Å². The van der Waals surface area contributed by atoms with Crippen LogP contribution in [-0.2, 0) is 6.42 Å². The summed E-state index contributed by atoms with van der Waals surface area (Å²) in [5, 5.41) is 26.5. The quantitative estimate of drug-likeness (QED) is 0.480. The largest absolute Gasteiger partial charge is 0.382 e. The molecule has 0 aliphatic carbocycles. The first-order chi connectivity index (χ1) is 14.6. The van der Waals surface area contributed by atoms with Crippen molar-refractivity contribution in [1.29, 1.82) is 10.5 Å². The van der Waals surface area contributed by atoms with Crippen LogP contribution in [0.1, 0.15) is 23.4 Å². The van der Waals surface area contributed by atoms with Crippen LogP contribution in [0.4, 0.5) is 16.0 Å². The summed E-state index contributed by atoms with van der Waals surface area (Å²) >= 11 is 0. The van der Waals surface area contributed by atoms with Crippen molar-refractivity contribution >= 4 is 17.3 Å². The van der Waals surface area contributed by atoms with E-state index in [-0.39, 0.29) is 11.6 Å². The third kappa shape index (κ3) is 3.40. The van der Waals surface area contributed by atoms with Crippen LogP contribution >= 0.6 is 0 Å². The Morgan fingerprint density at radius 3 is 2.63 bits per heavy atom. The van der Waals surface area contributed by atoms with Gasteiger partial charge in [-0.05, 0) is 49.2 Å². The number of nitrogens with one attached hydrogen (secondary N) is 1. The Bertz CT molecular complexity index is 1290. The highest BCUT2D eigenvalue weighted by Gasteiger charge is 2.17. The third-order valence-electron chi connectivity index (χ3n) is 4.70. The van der Waals surface area contributed by atoms with Gasteiger partial charge in [-0.1, -0.05) is 6.07 Å². The van der Waals surface area contributed by atoms with Gasteiger partial charge < -0.3 is 11.1 Å². The molecule has 0 aliphatic rings. The zero-order valence-electron chi connectivity index (χ0n) is 15.9. The number of aromatic nitrogens is 4. The molecule has 1 aromatic carbocycles. The molecule has 3 heterocycles. The van der Waals surface area contributed by atoms with E-state index in [0.717, 1.165) is 0 Å². The molecule has 0 bridgehead atoms. The zero-order valence-corrected chi connectivity index (χ0v) is 15.9. The number of hydrogen-bond acceptors (Lipinski definition) is 6. The summed E-state index contributed by atoms with van der Waals surface area (Å²) in [6.45, 7) is 0.534. The van der Waals surface area contributed by atoms with E-state index in [4.69, 9.17) is 5.73 Å². The standard InChI is InChI=1S/C21H17FN8/c22-14-6-8-15(9-7-14)30-20(25)16(12-23)17(28-30)4-3-10-26-21-18(13-24)29-11-2-1-5-19(29)27-21/h1-2,5-9,11,26H,3-4,10,25H2. The molecule has 8 nitrogen and oxygen atoms in total. The van der Waals surface area contributed by atoms with Crippen molar-refractivity contribution in [2.24, 2.45) is 0 Å². The van der Waals surface area contributed by atoms with Gasteiger partial charge in [0.1, 0.15) is 35.0 Å². The molecule has 0 aliphatic heterocycles. The molecule has 9 heteroatoms. The molecule has 0 unspecified atom stereocenters. The lowest BCUT2D eigenvalue weighted by molar-refractivity contribution is 0.627. The van der Waals surface area contributed by atoms with Crippen LogP contribution in [0.15, 0.2) is 48.7 Å². The molecule has 30 heavy (non-hydrogen) atoms. The fraction of sp³-hybridized carbons (Fsp3) is 0.143. The normalized spacial score (nSPS) is 10.6.